The van der Waals surface area contributed by atoms with Gasteiger partial charge in [0, 0.05) is 25.9 Å². The summed E-state index contributed by atoms with van der Waals surface area (Å²) in [6.07, 6.45) is 0. The van der Waals surface area contributed by atoms with Crippen LogP contribution in [0.15, 0.2) is 12.2 Å². The van der Waals surface area contributed by atoms with Crippen LogP contribution in [0.1, 0.15) is 34.6 Å². The molecule has 0 aromatic rings. The molecule has 96 valence electrons. The summed E-state index contributed by atoms with van der Waals surface area (Å²) >= 11 is 0. The SMILES string of the molecule is C=C(C)[C@H](C)C[Si](OCC)(OCC)OCC. The molecule has 0 saturated heterocycles. The molecule has 0 aliphatic heterocycles. The molecule has 0 aromatic carbocycles. The lowest BCUT2D eigenvalue weighted by Crippen LogP contribution is -2.47. The smallest absolute Gasteiger partial charge is 0.374 e. The molecular formula is C12H26O3Si. The summed E-state index contributed by atoms with van der Waals surface area (Å²) in [4.78, 5) is 0. The summed E-state index contributed by atoms with van der Waals surface area (Å²) in [5.74, 6) is 0.372. The Balaban J connectivity index is 4.64. The van der Waals surface area contributed by atoms with E-state index >= 15 is 0 Å². The first kappa shape index (κ1) is 15.8. The van der Waals surface area contributed by atoms with Crippen LogP contribution in [-0.2, 0) is 13.3 Å². The molecule has 0 saturated carbocycles. The predicted molar refractivity (Wildman–Crippen MR) is 69.4 cm³/mol. The zero-order valence-electron chi connectivity index (χ0n) is 11.3. The third kappa shape index (κ3) is 5.25. The maximum Gasteiger partial charge on any atom is 0.501 e. The fourth-order valence-electron chi connectivity index (χ4n) is 1.51. The second-order valence-electron chi connectivity index (χ2n) is 3.93. The molecule has 1 atom stereocenters. The van der Waals surface area contributed by atoms with Crippen LogP contribution in [0.2, 0.25) is 6.04 Å². The van der Waals surface area contributed by atoms with Crippen molar-refractivity contribution in [2.24, 2.45) is 5.92 Å². The van der Waals surface area contributed by atoms with E-state index in [1.54, 1.807) is 0 Å². The van der Waals surface area contributed by atoms with Gasteiger partial charge in [0.05, 0.1) is 0 Å². The molecule has 0 fully saturated rings. The normalized spacial score (nSPS) is 13.8. The highest BCUT2D eigenvalue weighted by Crippen LogP contribution is 2.25. The Morgan fingerprint density at radius 3 is 1.69 bits per heavy atom. The van der Waals surface area contributed by atoms with Gasteiger partial charge >= 0.3 is 8.80 Å². The summed E-state index contributed by atoms with van der Waals surface area (Å²) in [6.45, 7) is 16.0. The monoisotopic (exact) mass is 246 g/mol. The van der Waals surface area contributed by atoms with E-state index in [0.717, 1.165) is 11.6 Å². The topological polar surface area (TPSA) is 27.7 Å². The van der Waals surface area contributed by atoms with E-state index in [9.17, 15) is 0 Å². The minimum Gasteiger partial charge on any atom is -0.374 e. The van der Waals surface area contributed by atoms with Crippen LogP contribution in [-0.4, -0.2) is 28.6 Å². The highest BCUT2D eigenvalue weighted by atomic mass is 28.4. The van der Waals surface area contributed by atoms with Crippen molar-refractivity contribution in [1.29, 1.82) is 0 Å². The van der Waals surface area contributed by atoms with Crippen LogP contribution >= 0.6 is 0 Å². The summed E-state index contributed by atoms with van der Waals surface area (Å²) in [5.41, 5.74) is 1.15. The highest BCUT2D eigenvalue weighted by Gasteiger charge is 2.41. The Hall–Kier alpha value is -0.163. The van der Waals surface area contributed by atoms with Gasteiger partial charge in [-0.25, -0.2) is 0 Å². The van der Waals surface area contributed by atoms with Gasteiger partial charge in [0.2, 0.25) is 0 Å². The third-order valence-electron chi connectivity index (χ3n) is 2.49. The van der Waals surface area contributed by atoms with E-state index in [1.165, 1.54) is 0 Å². The first-order valence-corrected chi connectivity index (χ1v) is 8.01. The molecule has 0 N–H and O–H groups in total. The molecule has 4 heteroatoms. The van der Waals surface area contributed by atoms with Crippen LogP contribution < -0.4 is 0 Å². The Bertz CT molecular complexity index is 189. The average molecular weight is 246 g/mol. The lowest BCUT2D eigenvalue weighted by Gasteiger charge is -2.30. The standard InChI is InChI=1S/C12H26O3Si/c1-7-13-16(14-8-2,15-9-3)10-12(6)11(4)5/h12H,4,7-10H2,1-3,5-6H3/t12-/m1/s1. The van der Waals surface area contributed by atoms with Crippen molar-refractivity contribution >= 4 is 8.80 Å². The van der Waals surface area contributed by atoms with E-state index in [-0.39, 0.29) is 0 Å². The zero-order chi connectivity index (χ0) is 12.6. The van der Waals surface area contributed by atoms with E-state index in [4.69, 9.17) is 13.3 Å². The largest absolute Gasteiger partial charge is 0.501 e. The van der Waals surface area contributed by atoms with Gasteiger partial charge in [0.25, 0.3) is 0 Å². The van der Waals surface area contributed by atoms with Crippen LogP contribution in [0.5, 0.6) is 0 Å². The van der Waals surface area contributed by atoms with Crippen LogP contribution in [0.25, 0.3) is 0 Å². The molecule has 0 spiro atoms. The van der Waals surface area contributed by atoms with Crippen LogP contribution in [0.3, 0.4) is 0 Å². The maximum atomic E-state index is 5.78. The summed E-state index contributed by atoms with van der Waals surface area (Å²) < 4.78 is 17.4. The van der Waals surface area contributed by atoms with Crippen LogP contribution in [0, 0.1) is 5.92 Å². The number of rotatable bonds is 9. The quantitative estimate of drug-likeness (QED) is 0.462. The first-order chi connectivity index (χ1) is 7.51. The van der Waals surface area contributed by atoms with E-state index in [0.29, 0.717) is 25.7 Å². The first-order valence-electron chi connectivity index (χ1n) is 6.08. The molecule has 0 aliphatic carbocycles. The summed E-state index contributed by atoms with van der Waals surface area (Å²) in [5, 5.41) is 0. The Labute approximate surface area is 101 Å². The molecule has 0 rings (SSSR count). The molecule has 0 bridgehead atoms. The summed E-state index contributed by atoms with van der Waals surface area (Å²) in [7, 11) is -2.48. The lowest BCUT2D eigenvalue weighted by molar-refractivity contribution is 0.0687. The van der Waals surface area contributed by atoms with Gasteiger partial charge in [0.1, 0.15) is 0 Å². The maximum absolute atomic E-state index is 5.78. The molecule has 0 amide bonds. The minimum atomic E-state index is -2.48. The molecule has 0 aliphatic rings. The van der Waals surface area contributed by atoms with Crippen molar-refractivity contribution in [3.05, 3.63) is 12.2 Å². The van der Waals surface area contributed by atoms with Crippen molar-refractivity contribution in [3.63, 3.8) is 0 Å². The van der Waals surface area contributed by atoms with Gasteiger partial charge in [-0.1, -0.05) is 19.1 Å². The Morgan fingerprint density at radius 2 is 1.44 bits per heavy atom. The zero-order valence-corrected chi connectivity index (χ0v) is 12.3. The van der Waals surface area contributed by atoms with Gasteiger partial charge in [-0.15, -0.1) is 0 Å². The molecule has 3 nitrogen and oxygen atoms in total. The van der Waals surface area contributed by atoms with E-state index < -0.39 is 8.80 Å². The van der Waals surface area contributed by atoms with Crippen molar-refractivity contribution in [3.8, 4) is 0 Å². The van der Waals surface area contributed by atoms with Crippen molar-refractivity contribution in [2.45, 2.75) is 40.7 Å². The number of hydrogen-bond acceptors (Lipinski definition) is 3. The molecule has 0 unspecified atom stereocenters. The summed E-state index contributed by atoms with van der Waals surface area (Å²) in [6, 6.07) is 0.817. The number of hydrogen-bond donors (Lipinski definition) is 0. The second kappa shape index (κ2) is 8.01. The minimum absolute atomic E-state index is 0.372. The van der Waals surface area contributed by atoms with Gasteiger partial charge in [-0.05, 0) is 33.6 Å². The lowest BCUT2D eigenvalue weighted by atomic mass is 10.1. The second-order valence-corrected chi connectivity index (χ2v) is 6.57. The molecule has 0 aromatic heterocycles. The molecule has 0 heterocycles. The van der Waals surface area contributed by atoms with Crippen molar-refractivity contribution in [2.75, 3.05) is 19.8 Å². The third-order valence-corrected chi connectivity index (χ3v) is 5.79. The Kier molecular flexibility index (Phi) is 7.92. The van der Waals surface area contributed by atoms with Gasteiger partial charge in [-0.2, -0.15) is 0 Å². The van der Waals surface area contributed by atoms with Gasteiger partial charge < -0.3 is 13.3 Å². The number of allylic oxidation sites excluding steroid dienone is 1. The van der Waals surface area contributed by atoms with Gasteiger partial charge in [0.15, 0.2) is 0 Å². The molecular weight excluding hydrogens is 220 g/mol. The molecule has 0 radical (unpaired) electrons. The van der Waals surface area contributed by atoms with Gasteiger partial charge in [-0.3, -0.25) is 0 Å². The van der Waals surface area contributed by atoms with E-state index in [1.807, 2.05) is 27.7 Å². The van der Waals surface area contributed by atoms with Crippen molar-refractivity contribution in [1.82, 2.24) is 0 Å². The predicted octanol–water partition coefficient (Wildman–Crippen LogP) is 3.25. The Morgan fingerprint density at radius 1 is 1.06 bits per heavy atom. The molecule has 16 heavy (non-hydrogen) atoms. The van der Waals surface area contributed by atoms with Crippen LogP contribution in [0.4, 0.5) is 0 Å². The van der Waals surface area contributed by atoms with Crippen molar-refractivity contribution < 1.29 is 13.3 Å². The highest BCUT2D eigenvalue weighted by molar-refractivity contribution is 6.60. The fraction of sp³-hybridized carbons (Fsp3) is 0.833. The average Bonchev–Trinajstić information content (AvgIpc) is 2.18. The van der Waals surface area contributed by atoms with E-state index in [2.05, 4.69) is 13.5 Å². The fourth-order valence-corrected chi connectivity index (χ4v) is 4.53.